The number of aromatic nitrogens is 3. The van der Waals surface area contributed by atoms with Crippen LogP contribution in [0.15, 0.2) is 41.8 Å². The first-order valence-electron chi connectivity index (χ1n) is 5.81. The predicted octanol–water partition coefficient (Wildman–Crippen LogP) is 1.59. The number of hydrogen-bond acceptors (Lipinski definition) is 5. The fourth-order valence-corrected chi connectivity index (χ4v) is 2.14. The van der Waals surface area contributed by atoms with Gasteiger partial charge < -0.3 is 5.32 Å². The molecule has 2 aromatic rings. The first-order valence-corrected chi connectivity index (χ1v) is 6.79. The van der Waals surface area contributed by atoms with Crippen molar-refractivity contribution in [1.82, 2.24) is 20.3 Å². The maximum absolute atomic E-state index is 11.7. The molecule has 1 amide bonds. The summed E-state index contributed by atoms with van der Waals surface area (Å²) in [5.74, 6) is 0.367. The minimum atomic E-state index is -0.0157. The van der Waals surface area contributed by atoms with E-state index in [2.05, 4.69) is 20.3 Å². The third kappa shape index (κ3) is 4.67. The van der Waals surface area contributed by atoms with Crippen molar-refractivity contribution < 1.29 is 4.79 Å². The molecule has 0 unspecified atom stereocenters. The van der Waals surface area contributed by atoms with E-state index < -0.39 is 0 Å². The molecule has 6 heteroatoms. The summed E-state index contributed by atoms with van der Waals surface area (Å²) in [5, 5.41) is 2.83. The van der Waals surface area contributed by atoms with Gasteiger partial charge in [0.1, 0.15) is 6.33 Å². The van der Waals surface area contributed by atoms with Gasteiger partial charge in [-0.3, -0.25) is 9.78 Å². The van der Waals surface area contributed by atoms with Gasteiger partial charge in [-0.2, -0.15) is 0 Å². The Morgan fingerprint density at radius 1 is 1.32 bits per heavy atom. The lowest BCUT2D eigenvalue weighted by molar-refractivity contribution is -0.118. The molecule has 1 N–H and O–H groups in total. The maximum Gasteiger partial charge on any atom is 0.230 e. The Morgan fingerprint density at radius 2 is 2.11 bits per heavy atom. The van der Waals surface area contributed by atoms with Crippen LogP contribution in [0.5, 0.6) is 0 Å². The third-order valence-corrected chi connectivity index (χ3v) is 3.36. The van der Waals surface area contributed by atoms with E-state index in [4.69, 9.17) is 0 Å². The lowest BCUT2D eigenvalue weighted by atomic mass is 10.3. The summed E-state index contributed by atoms with van der Waals surface area (Å²) in [6.07, 6.45) is 4.93. The zero-order chi connectivity index (χ0) is 13.5. The summed E-state index contributed by atoms with van der Waals surface area (Å²) in [5.41, 5.74) is 1.71. The van der Waals surface area contributed by atoms with Crippen molar-refractivity contribution in [2.75, 3.05) is 5.75 Å². The Kier molecular flexibility index (Phi) is 4.85. The van der Waals surface area contributed by atoms with Crippen LogP contribution in [-0.4, -0.2) is 26.6 Å². The number of hydrogen-bond donors (Lipinski definition) is 1. The second kappa shape index (κ2) is 6.84. The van der Waals surface area contributed by atoms with Crippen molar-refractivity contribution in [3.63, 3.8) is 0 Å². The summed E-state index contributed by atoms with van der Waals surface area (Å²) in [7, 11) is 0. The van der Waals surface area contributed by atoms with Gasteiger partial charge >= 0.3 is 0 Å². The molecular formula is C13H14N4OS. The Hall–Kier alpha value is -1.95. The van der Waals surface area contributed by atoms with Gasteiger partial charge in [-0.05, 0) is 25.1 Å². The standard InChI is InChI=1S/C13H14N4OS/c1-10-6-11(17-9-16-10)7-15-13(18)8-19-12-2-4-14-5-3-12/h2-6,9H,7-8H2,1H3,(H,15,18). The Labute approximate surface area is 115 Å². The molecule has 2 rings (SSSR count). The van der Waals surface area contributed by atoms with E-state index in [1.165, 1.54) is 18.1 Å². The second-order valence-corrected chi connectivity index (χ2v) is 4.95. The van der Waals surface area contributed by atoms with Crippen LogP contribution in [0.25, 0.3) is 0 Å². The van der Waals surface area contributed by atoms with Gasteiger partial charge in [0.05, 0.1) is 18.0 Å². The summed E-state index contributed by atoms with van der Waals surface area (Å²) < 4.78 is 0. The predicted molar refractivity (Wildman–Crippen MR) is 73.6 cm³/mol. The second-order valence-electron chi connectivity index (χ2n) is 3.90. The van der Waals surface area contributed by atoms with Crippen LogP contribution in [0.1, 0.15) is 11.4 Å². The van der Waals surface area contributed by atoms with Crippen molar-refractivity contribution in [3.05, 3.63) is 48.3 Å². The molecule has 5 nitrogen and oxygen atoms in total. The first-order chi connectivity index (χ1) is 9.24. The average Bonchev–Trinajstić information content (AvgIpc) is 2.44. The molecule has 0 aliphatic carbocycles. The van der Waals surface area contributed by atoms with Crippen LogP contribution in [-0.2, 0) is 11.3 Å². The summed E-state index contributed by atoms with van der Waals surface area (Å²) >= 11 is 1.48. The summed E-state index contributed by atoms with van der Waals surface area (Å²) in [6.45, 7) is 2.32. The van der Waals surface area contributed by atoms with Crippen molar-refractivity contribution in [1.29, 1.82) is 0 Å². The fourth-order valence-electron chi connectivity index (χ4n) is 1.43. The SMILES string of the molecule is Cc1cc(CNC(=O)CSc2ccncc2)ncn1. The van der Waals surface area contributed by atoms with Crippen molar-refractivity contribution in [3.8, 4) is 0 Å². The van der Waals surface area contributed by atoms with Gasteiger partial charge in [-0.15, -0.1) is 11.8 Å². The highest BCUT2D eigenvalue weighted by molar-refractivity contribution is 8.00. The number of pyridine rings is 1. The number of carbonyl (C=O) groups excluding carboxylic acids is 1. The molecule has 2 heterocycles. The molecule has 0 aromatic carbocycles. The van der Waals surface area contributed by atoms with Crippen LogP contribution in [0, 0.1) is 6.92 Å². The molecule has 0 bridgehead atoms. The van der Waals surface area contributed by atoms with E-state index in [9.17, 15) is 4.79 Å². The van der Waals surface area contributed by atoms with E-state index in [1.54, 1.807) is 12.4 Å². The number of nitrogens with zero attached hydrogens (tertiary/aromatic N) is 3. The van der Waals surface area contributed by atoms with Crippen LogP contribution < -0.4 is 5.32 Å². The smallest absolute Gasteiger partial charge is 0.230 e. The van der Waals surface area contributed by atoms with E-state index in [1.807, 2.05) is 25.1 Å². The molecule has 19 heavy (non-hydrogen) atoms. The molecule has 0 radical (unpaired) electrons. The van der Waals surface area contributed by atoms with Gasteiger partial charge in [0, 0.05) is 23.0 Å². The molecule has 98 valence electrons. The van der Waals surface area contributed by atoms with E-state index in [0.29, 0.717) is 12.3 Å². The zero-order valence-electron chi connectivity index (χ0n) is 10.5. The molecule has 0 saturated heterocycles. The largest absolute Gasteiger partial charge is 0.350 e. The quantitative estimate of drug-likeness (QED) is 0.839. The number of aryl methyl sites for hydroxylation is 1. The molecule has 0 aliphatic rings. The number of rotatable bonds is 5. The topological polar surface area (TPSA) is 67.8 Å². The van der Waals surface area contributed by atoms with Gasteiger partial charge in [0.25, 0.3) is 0 Å². The Morgan fingerprint density at radius 3 is 2.84 bits per heavy atom. The highest BCUT2D eigenvalue weighted by Crippen LogP contribution is 2.15. The molecule has 0 aliphatic heterocycles. The lowest BCUT2D eigenvalue weighted by Crippen LogP contribution is -2.25. The highest BCUT2D eigenvalue weighted by Gasteiger charge is 2.03. The molecule has 2 aromatic heterocycles. The van der Waals surface area contributed by atoms with E-state index in [0.717, 1.165) is 16.3 Å². The fraction of sp³-hybridized carbons (Fsp3) is 0.231. The maximum atomic E-state index is 11.7. The van der Waals surface area contributed by atoms with Gasteiger partial charge in [0.15, 0.2) is 0 Å². The molecular weight excluding hydrogens is 260 g/mol. The zero-order valence-corrected chi connectivity index (χ0v) is 11.4. The van der Waals surface area contributed by atoms with E-state index >= 15 is 0 Å². The summed E-state index contributed by atoms with van der Waals surface area (Å²) in [4.78, 5) is 24.7. The average molecular weight is 274 g/mol. The van der Waals surface area contributed by atoms with Crippen molar-refractivity contribution in [2.45, 2.75) is 18.4 Å². The molecule has 0 spiro atoms. The number of carbonyl (C=O) groups is 1. The normalized spacial score (nSPS) is 10.2. The van der Waals surface area contributed by atoms with Crippen LogP contribution in [0.2, 0.25) is 0 Å². The van der Waals surface area contributed by atoms with E-state index in [-0.39, 0.29) is 5.91 Å². The minimum absolute atomic E-state index is 0.0157. The van der Waals surface area contributed by atoms with Crippen LogP contribution in [0.4, 0.5) is 0 Å². The highest BCUT2D eigenvalue weighted by atomic mass is 32.2. The van der Waals surface area contributed by atoms with Gasteiger partial charge in [-0.1, -0.05) is 0 Å². The number of thioether (sulfide) groups is 1. The number of amides is 1. The monoisotopic (exact) mass is 274 g/mol. The number of nitrogens with one attached hydrogen (secondary N) is 1. The minimum Gasteiger partial charge on any atom is -0.350 e. The summed E-state index contributed by atoms with van der Waals surface area (Å²) in [6, 6.07) is 5.62. The molecule has 0 saturated carbocycles. The molecule has 0 fully saturated rings. The lowest BCUT2D eigenvalue weighted by Gasteiger charge is -2.05. The third-order valence-electron chi connectivity index (χ3n) is 2.35. The van der Waals surface area contributed by atoms with Gasteiger partial charge in [0.2, 0.25) is 5.91 Å². The first kappa shape index (κ1) is 13.5. The van der Waals surface area contributed by atoms with Crippen molar-refractivity contribution >= 4 is 17.7 Å². The Balaban J connectivity index is 1.76. The van der Waals surface area contributed by atoms with Crippen LogP contribution >= 0.6 is 11.8 Å². The van der Waals surface area contributed by atoms with Gasteiger partial charge in [-0.25, -0.2) is 9.97 Å². The molecule has 0 atom stereocenters. The van der Waals surface area contributed by atoms with Crippen LogP contribution in [0.3, 0.4) is 0 Å². The van der Waals surface area contributed by atoms with Crippen molar-refractivity contribution in [2.24, 2.45) is 0 Å². The Bertz CT molecular complexity index is 547.